The Morgan fingerprint density at radius 1 is 1.37 bits per heavy atom. The van der Waals surface area contributed by atoms with Crippen molar-refractivity contribution in [2.75, 3.05) is 31.2 Å². The second-order valence-electron chi connectivity index (χ2n) is 3.87. The highest BCUT2D eigenvalue weighted by molar-refractivity contribution is 5.92. The number of nitrogens with two attached hydrogens (primary N) is 1. The Hall–Kier alpha value is -2.24. The van der Waals surface area contributed by atoms with Gasteiger partial charge in [-0.25, -0.2) is 4.79 Å². The molecule has 0 saturated heterocycles. The number of carbonyl (C=O) groups is 2. The summed E-state index contributed by atoms with van der Waals surface area (Å²) in [6, 6.07) is 4.86. The van der Waals surface area contributed by atoms with Crippen LogP contribution in [-0.4, -0.2) is 32.1 Å². The van der Waals surface area contributed by atoms with Crippen molar-refractivity contribution in [2.24, 2.45) is 0 Å². The summed E-state index contributed by atoms with van der Waals surface area (Å²) in [6.07, 6.45) is 0.333. The number of nitrogens with one attached hydrogen (secondary N) is 2. The highest BCUT2D eigenvalue weighted by atomic mass is 16.5. The van der Waals surface area contributed by atoms with Crippen molar-refractivity contribution < 1.29 is 14.3 Å². The van der Waals surface area contributed by atoms with Crippen molar-refractivity contribution >= 4 is 23.3 Å². The standard InChI is InChI=1S/C13H19N3O3/c1-3-19-13(18)9-4-5-10(14)11(8-9)16-7-6-12(17)15-2/h4-5,8,16H,3,6-7,14H2,1-2H3,(H,15,17). The van der Waals surface area contributed by atoms with Crippen LogP contribution >= 0.6 is 0 Å². The molecule has 0 aromatic heterocycles. The van der Waals surface area contributed by atoms with Crippen molar-refractivity contribution in [3.05, 3.63) is 23.8 Å². The van der Waals surface area contributed by atoms with Gasteiger partial charge in [-0.15, -0.1) is 0 Å². The first-order valence-corrected chi connectivity index (χ1v) is 6.09. The predicted molar refractivity (Wildman–Crippen MR) is 74.0 cm³/mol. The van der Waals surface area contributed by atoms with Crippen LogP contribution in [0.2, 0.25) is 0 Å². The molecule has 0 aliphatic carbocycles. The molecule has 0 aliphatic heterocycles. The van der Waals surface area contributed by atoms with Crippen LogP contribution in [0.15, 0.2) is 18.2 Å². The third-order valence-electron chi connectivity index (χ3n) is 2.51. The fraction of sp³-hybridized carbons (Fsp3) is 0.385. The SMILES string of the molecule is CCOC(=O)c1ccc(N)c(NCCC(=O)NC)c1. The zero-order chi connectivity index (χ0) is 14.3. The Kier molecular flexibility index (Phi) is 5.66. The van der Waals surface area contributed by atoms with E-state index in [-0.39, 0.29) is 5.91 Å². The van der Waals surface area contributed by atoms with E-state index in [1.807, 2.05) is 0 Å². The molecule has 0 radical (unpaired) electrons. The monoisotopic (exact) mass is 265 g/mol. The Morgan fingerprint density at radius 2 is 2.11 bits per heavy atom. The lowest BCUT2D eigenvalue weighted by atomic mass is 10.1. The molecule has 4 N–H and O–H groups in total. The number of rotatable bonds is 6. The van der Waals surface area contributed by atoms with Crippen LogP contribution in [0, 0.1) is 0 Å². The average molecular weight is 265 g/mol. The number of esters is 1. The second kappa shape index (κ2) is 7.25. The van der Waals surface area contributed by atoms with Crippen molar-refractivity contribution in [1.82, 2.24) is 5.32 Å². The van der Waals surface area contributed by atoms with E-state index in [0.717, 1.165) is 0 Å². The van der Waals surface area contributed by atoms with E-state index in [2.05, 4.69) is 10.6 Å². The maximum absolute atomic E-state index is 11.6. The largest absolute Gasteiger partial charge is 0.462 e. The van der Waals surface area contributed by atoms with E-state index in [9.17, 15) is 9.59 Å². The van der Waals surface area contributed by atoms with Gasteiger partial charge in [0.15, 0.2) is 0 Å². The Labute approximate surface area is 112 Å². The topological polar surface area (TPSA) is 93.4 Å². The Morgan fingerprint density at radius 3 is 2.74 bits per heavy atom. The molecular weight excluding hydrogens is 246 g/mol. The van der Waals surface area contributed by atoms with E-state index in [4.69, 9.17) is 10.5 Å². The number of anilines is 2. The van der Waals surface area contributed by atoms with E-state index in [1.165, 1.54) is 0 Å². The van der Waals surface area contributed by atoms with Gasteiger partial charge in [0.05, 0.1) is 23.5 Å². The lowest BCUT2D eigenvalue weighted by molar-refractivity contribution is -0.120. The van der Waals surface area contributed by atoms with E-state index >= 15 is 0 Å². The number of ether oxygens (including phenoxy) is 1. The molecule has 0 unspecified atom stereocenters. The van der Waals surface area contributed by atoms with Gasteiger partial charge < -0.3 is 21.1 Å². The van der Waals surface area contributed by atoms with Gasteiger partial charge in [-0.3, -0.25) is 4.79 Å². The van der Waals surface area contributed by atoms with Crippen LogP contribution in [0.4, 0.5) is 11.4 Å². The van der Waals surface area contributed by atoms with Gasteiger partial charge in [-0.2, -0.15) is 0 Å². The molecule has 0 heterocycles. The first-order chi connectivity index (χ1) is 9.08. The quantitative estimate of drug-likeness (QED) is 0.527. The molecule has 6 heteroatoms. The minimum absolute atomic E-state index is 0.0624. The number of carbonyl (C=O) groups excluding carboxylic acids is 2. The molecule has 104 valence electrons. The van der Waals surface area contributed by atoms with Gasteiger partial charge in [0.25, 0.3) is 0 Å². The zero-order valence-electron chi connectivity index (χ0n) is 11.2. The minimum atomic E-state index is -0.392. The summed E-state index contributed by atoms with van der Waals surface area (Å²) in [6.45, 7) is 2.51. The second-order valence-corrected chi connectivity index (χ2v) is 3.87. The molecule has 0 saturated carbocycles. The summed E-state index contributed by atoms with van der Waals surface area (Å²) in [5.74, 6) is -0.454. The fourth-order valence-electron chi connectivity index (χ4n) is 1.49. The molecule has 0 atom stereocenters. The van der Waals surface area contributed by atoms with Gasteiger partial charge in [0.1, 0.15) is 0 Å². The van der Waals surface area contributed by atoms with Crippen molar-refractivity contribution in [3.8, 4) is 0 Å². The molecule has 1 aromatic carbocycles. The summed E-state index contributed by atoms with van der Waals surface area (Å²) in [7, 11) is 1.58. The summed E-state index contributed by atoms with van der Waals surface area (Å²) in [5, 5.41) is 5.55. The highest BCUT2D eigenvalue weighted by Crippen LogP contribution is 2.20. The fourth-order valence-corrected chi connectivity index (χ4v) is 1.49. The Balaban J connectivity index is 2.69. The lowest BCUT2D eigenvalue weighted by Gasteiger charge is -2.10. The number of nitrogen functional groups attached to an aromatic ring is 1. The van der Waals surface area contributed by atoms with Crippen LogP contribution in [0.5, 0.6) is 0 Å². The van der Waals surface area contributed by atoms with Gasteiger partial charge in [-0.1, -0.05) is 0 Å². The van der Waals surface area contributed by atoms with Gasteiger partial charge in [-0.05, 0) is 25.1 Å². The first-order valence-electron chi connectivity index (χ1n) is 6.09. The van der Waals surface area contributed by atoms with E-state index in [1.54, 1.807) is 32.2 Å². The summed E-state index contributed by atoms with van der Waals surface area (Å²) in [4.78, 5) is 22.7. The first kappa shape index (κ1) is 14.8. The molecule has 0 bridgehead atoms. The van der Waals surface area contributed by atoms with Crippen molar-refractivity contribution in [1.29, 1.82) is 0 Å². The molecule has 1 rings (SSSR count). The van der Waals surface area contributed by atoms with Crippen LogP contribution in [0.25, 0.3) is 0 Å². The van der Waals surface area contributed by atoms with Crippen LogP contribution in [-0.2, 0) is 9.53 Å². The molecule has 1 aromatic rings. The maximum atomic E-state index is 11.6. The molecule has 0 spiro atoms. The van der Waals surface area contributed by atoms with Gasteiger partial charge in [0.2, 0.25) is 5.91 Å². The molecule has 0 aliphatic rings. The minimum Gasteiger partial charge on any atom is -0.462 e. The summed E-state index contributed by atoms with van der Waals surface area (Å²) < 4.78 is 4.91. The lowest BCUT2D eigenvalue weighted by Crippen LogP contribution is -2.21. The van der Waals surface area contributed by atoms with Gasteiger partial charge >= 0.3 is 5.97 Å². The van der Waals surface area contributed by atoms with Crippen molar-refractivity contribution in [3.63, 3.8) is 0 Å². The molecule has 1 amide bonds. The number of amides is 1. The molecule has 6 nitrogen and oxygen atoms in total. The van der Waals surface area contributed by atoms with Crippen molar-refractivity contribution in [2.45, 2.75) is 13.3 Å². The van der Waals surface area contributed by atoms with Crippen LogP contribution < -0.4 is 16.4 Å². The number of hydrogen-bond donors (Lipinski definition) is 3. The summed E-state index contributed by atoms with van der Waals surface area (Å²) in [5.41, 5.74) is 7.37. The molecular formula is C13H19N3O3. The molecule has 19 heavy (non-hydrogen) atoms. The third kappa shape index (κ3) is 4.50. The van der Waals surface area contributed by atoms with E-state index in [0.29, 0.717) is 36.5 Å². The summed E-state index contributed by atoms with van der Waals surface area (Å²) >= 11 is 0. The highest BCUT2D eigenvalue weighted by Gasteiger charge is 2.09. The molecule has 0 fully saturated rings. The number of benzene rings is 1. The van der Waals surface area contributed by atoms with Crippen LogP contribution in [0.3, 0.4) is 0 Å². The number of hydrogen-bond acceptors (Lipinski definition) is 5. The van der Waals surface area contributed by atoms with Crippen LogP contribution in [0.1, 0.15) is 23.7 Å². The average Bonchev–Trinajstić information content (AvgIpc) is 2.40. The van der Waals surface area contributed by atoms with E-state index < -0.39 is 5.97 Å². The Bertz CT molecular complexity index is 460. The zero-order valence-corrected chi connectivity index (χ0v) is 11.2. The normalized spacial score (nSPS) is 9.79. The smallest absolute Gasteiger partial charge is 0.338 e. The third-order valence-corrected chi connectivity index (χ3v) is 2.51. The van der Waals surface area contributed by atoms with Gasteiger partial charge in [0, 0.05) is 20.0 Å². The predicted octanol–water partition coefficient (Wildman–Crippen LogP) is 0.993. The maximum Gasteiger partial charge on any atom is 0.338 e.